The van der Waals surface area contributed by atoms with Crippen molar-refractivity contribution in [1.82, 2.24) is 14.8 Å². The lowest BCUT2D eigenvalue weighted by molar-refractivity contribution is -0.113. The molecule has 0 bridgehead atoms. The summed E-state index contributed by atoms with van der Waals surface area (Å²) in [6.07, 6.45) is -0.333. The average molecular weight is 417 g/mol. The molecule has 1 unspecified atom stereocenters. The smallest absolute Gasteiger partial charge is 0.234 e. The first-order chi connectivity index (χ1) is 13.6. The fourth-order valence-electron chi connectivity index (χ4n) is 2.64. The lowest BCUT2D eigenvalue weighted by Gasteiger charge is -2.16. The molecule has 0 saturated heterocycles. The van der Waals surface area contributed by atoms with E-state index in [1.807, 2.05) is 66.9 Å². The van der Waals surface area contributed by atoms with Crippen LogP contribution in [-0.2, 0) is 11.3 Å². The van der Waals surface area contributed by atoms with Crippen molar-refractivity contribution >= 4 is 35.0 Å². The zero-order valence-electron chi connectivity index (χ0n) is 15.6. The Bertz CT molecular complexity index is 933. The Balaban J connectivity index is 1.64. The molecule has 0 radical (unpaired) electrons. The molecule has 146 valence electrons. The number of hydrogen-bond acceptors (Lipinski definition) is 5. The van der Waals surface area contributed by atoms with E-state index < -0.39 is 0 Å². The minimum Gasteiger partial charge on any atom is -0.481 e. The summed E-state index contributed by atoms with van der Waals surface area (Å²) in [5.41, 5.74) is 0.771. The Morgan fingerprint density at radius 3 is 2.61 bits per heavy atom. The van der Waals surface area contributed by atoms with Crippen molar-refractivity contribution in [2.45, 2.75) is 31.7 Å². The van der Waals surface area contributed by atoms with Gasteiger partial charge < -0.3 is 14.6 Å². The highest BCUT2D eigenvalue weighted by Crippen LogP contribution is 2.29. The molecular formula is C20H21ClN4O2S. The quantitative estimate of drug-likeness (QED) is 0.533. The number of halogens is 1. The van der Waals surface area contributed by atoms with Crippen LogP contribution in [0.2, 0.25) is 5.02 Å². The van der Waals surface area contributed by atoms with E-state index in [-0.39, 0.29) is 17.8 Å². The van der Waals surface area contributed by atoms with Gasteiger partial charge >= 0.3 is 0 Å². The van der Waals surface area contributed by atoms with E-state index >= 15 is 0 Å². The van der Waals surface area contributed by atoms with Crippen LogP contribution >= 0.6 is 23.4 Å². The van der Waals surface area contributed by atoms with Gasteiger partial charge in [-0.05, 0) is 38.1 Å². The Hall–Kier alpha value is -2.51. The van der Waals surface area contributed by atoms with Crippen molar-refractivity contribution in [3.8, 4) is 5.75 Å². The monoisotopic (exact) mass is 416 g/mol. The zero-order valence-corrected chi connectivity index (χ0v) is 17.2. The van der Waals surface area contributed by atoms with E-state index in [0.29, 0.717) is 28.3 Å². The van der Waals surface area contributed by atoms with E-state index in [1.54, 1.807) is 6.07 Å². The average Bonchev–Trinajstić information content (AvgIpc) is 3.12. The predicted octanol–water partition coefficient (Wildman–Crippen LogP) is 4.82. The van der Waals surface area contributed by atoms with Crippen LogP contribution in [0.1, 0.15) is 25.8 Å². The lowest BCUT2D eigenvalue weighted by Crippen LogP contribution is -2.15. The molecule has 1 aromatic heterocycles. The third-order valence-corrected chi connectivity index (χ3v) is 5.23. The normalized spacial score (nSPS) is 11.8. The van der Waals surface area contributed by atoms with Crippen LogP contribution in [0.15, 0.2) is 59.8 Å². The number of carbonyl (C=O) groups excluding carboxylic acids is 1. The summed E-state index contributed by atoms with van der Waals surface area (Å²) in [7, 11) is 0. The highest BCUT2D eigenvalue weighted by molar-refractivity contribution is 7.99. The topological polar surface area (TPSA) is 69.0 Å². The van der Waals surface area contributed by atoms with Crippen molar-refractivity contribution in [3.05, 3.63) is 65.4 Å². The van der Waals surface area contributed by atoms with Gasteiger partial charge in [0.1, 0.15) is 5.75 Å². The van der Waals surface area contributed by atoms with Crippen LogP contribution in [0.25, 0.3) is 0 Å². The maximum atomic E-state index is 12.2. The number of rotatable bonds is 8. The minimum atomic E-state index is -0.333. The first kappa shape index (κ1) is 20.2. The SMILES string of the molecule is CCn1c(SCC(=O)Nc2ccccc2)nnc1C(C)Oc1ccccc1Cl. The van der Waals surface area contributed by atoms with E-state index in [0.717, 1.165) is 5.69 Å². The van der Waals surface area contributed by atoms with Crippen molar-refractivity contribution in [1.29, 1.82) is 0 Å². The fraction of sp³-hybridized carbons (Fsp3) is 0.250. The maximum Gasteiger partial charge on any atom is 0.234 e. The van der Waals surface area contributed by atoms with E-state index in [4.69, 9.17) is 16.3 Å². The van der Waals surface area contributed by atoms with Crippen LogP contribution in [0, 0.1) is 0 Å². The number of para-hydroxylation sites is 2. The first-order valence-corrected chi connectivity index (χ1v) is 10.3. The predicted molar refractivity (Wildman–Crippen MR) is 112 cm³/mol. The summed E-state index contributed by atoms with van der Waals surface area (Å²) in [5, 5.41) is 12.6. The van der Waals surface area contributed by atoms with Crippen molar-refractivity contribution in [2.24, 2.45) is 0 Å². The number of benzene rings is 2. The molecule has 0 aliphatic heterocycles. The number of anilines is 1. The minimum absolute atomic E-state index is 0.0937. The molecule has 3 aromatic rings. The number of thioether (sulfide) groups is 1. The number of ether oxygens (including phenoxy) is 1. The molecule has 3 rings (SSSR count). The van der Waals surface area contributed by atoms with Crippen LogP contribution in [0.3, 0.4) is 0 Å². The third kappa shape index (κ3) is 5.05. The van der Waals surface area contributed by atoms with Gasteiger partial charge in [0, 0.05) is 12.2 Å². The molecule has 28 heavy (non-hydrogen) atoms. The van der Waals surface area contributed by atoms with E-state index in [2.05, 4.69) is 15.5 Å². The molecule has 0 fully saturated rings. The molecule has 0 spiro atoms. The Morgan fingerprint density at radius 2 is 1.89 bits per heavy atom. The Morgan fingerprint density at radius 1 is 1.18 bits per heavy atom. The maximum absolute atomic E-state index is 12.2. The first-order valence-electron chi connectivity index (χ1n) is 8.90. The van der Waals surface area contributed by atoms with Crippen LogP contribution in [-0.4, -0.2) is 26.4 Å². The summed E-state index contributed by atoms with van der Waals surface area (Å²) in [4.78, 5) is 12.2. The molecule has 1 N–H and O–H groups in total. The van der Waals surface area contributed by atoms with Crippen molar-refractivity contribution < 1.29 is 9.53 Å². The molecule has 0 aliphatic carbocycles. The number of amides is 1. The largest absolute Gasteiger partial charge is 0.481 e. The number of aromatic nitrogens is 3. The van der Waals surface area contributed by atoms with Crippen LogP contribution in [0.5, 0.6) is 5.75 Å². The molecule has 1 amide bonds. The summed E-state index contributed by atoms with van der Waals surface area (Å²) in [5.74, 6) is 1.43. The Kier molecular flexibility index (Phi) is 6.95. The van der Waals surface area contributed by atoms with Crippen molar-refractivity contribution in [2.75, 3.05) is 11.1 Å². The fourth-order valence-corrected chi connectivity index (χ4v) is 3.63. The number of nitrogens with zero attached hydrogens (tertiary/aromatic N) is 3. The summed E-state index contributed by atoms with van der Waals surface area (Å²) >= 11 is 7.51. The van der Waals surface area contributed by atoms with Gasteiger partial charge in [-0.15, -0.1) is 10.2 Å². The second-order valence-corrected chi connectivity index (χ2v) is 7.33. The molecular weight excluding hydrogens is 396 g/mol. The highest BCUT2D eigenvalue weighted by Gasteiger charge is 2.20. The van der Waals surface area contributed by atoms with Crippen LogP contribution in [0.4, 0.5) is 5.69 Å². The van der Waals surface area contributed by atoms with E-state index in [9.17, 15) is 4.79 Å². The second kappa shape index (κ2) is 9.61. The number of nitrogens with one attached hydrogen (secondary N) is 1. The van der Waals surface area contributed by atoms with Gasteiger partial charge in [0.2, 0.25) is 5.91 Å². The van der Waals surface area contributed by atoms with Crippen molar-refractivity contribution in [3.63, 3.8) is 0 Å². The van der Waals surface area contributed by atoms with E-state index in [1.165, 1.54) is 11.8 Å². The molecule has 1 atom stereocenters. The molecule has 1 heterocycles. The second-order valence-electron chi connectivity index (χ2n) is 5.98. The van der Waals surface area contributed by atoms with Gasteiger partial charge in [0.05, 0.1) is 10.8 Å². The molecule has 0 aliphatic rings. The summed E-state index contributed by atoms with van der Waals surface area (Å²) in [6.45, 7) is 4.57. The number of hydrogen-bond donors (Lipinski definition) is 1. The summed E-state index contributed by atoms with van der Waals surface area (Å²) in [6, 6.07) is 16.7. The van der Waals surface area contributed by atoms with Crippen LogP contribution < -0.4 is 10.1 Å². The standard InChI is InChI=1S/C20H21ClN4O2S/c1-3-25-19(14(2)27-17-12-8-7-11-16(17)21)23-24-20(25)28-13-18(26)22-15-9-5-4-6-10-15/h4-12,14H,3,13H2,1-2H3,(H,22,26). The zero-order chi connectivity index (χ0) is 19.9. The van der Waals surface area contributed by atoms with Gasteiger partial charge in [0.25, 0.3) is 0 Å². The third-order valence-electron chi connectivity index (χ3n) is 3.96. The number of carbonyl (C=O) groups is 1. The summed E-state index contributed by atoms with van der Waals surface area (Å²) < 4.78 is 7.89. The van der Waals surface area contributed by atoms with Gasteiger partial charge in [-0.2, -0.15) is 0 Å². The lowest BCUT2D eigenvalue weighted by atomic mass is 10.3. The van der Waals surface area contributed by atoms with Gasteiger partial charge in [-0.1, -0.05) is 53.7 Å². The van der Waals surface area contributed by atoms with Gasteiger partial charge in [-0.3, -0.25) is 4.79 Å². The van der Waals surface area contributed by atoms with Gasteiger partial charge in [0.15, 0.2) is 17.1 Å². The van der Waals surface area contributed by atoms with Gasteiger partial charge in [-0.25, -0.2) is 0 Å². The Labute approximate surface area is 173 Å². The molecule has 6 nitrogen and oxygen atoms in total. The molecule has 8 heteroatoms. The molecule has 0 saturated carbocycles. The highest BCUT2D eigenvalue weighted by atomic mass is 35.5. The molecule has 2 aromatic carbocycles.